The van der Waals surface area contributed by atoms with E-state index in [0.717, 1.165) is 42.2 Å². The lowest BCUT2D eigenvalue weighted by Gasteiger charge is -2.25. The van der Waals surface area contributed by atoms with E-state index in [2.05, 4.69) is 26.4 Å². The quantitative estimate of drug-likeness (QED) is 0.590. The number of aromatic nitrogens is 3. The Balaban J connectivity index is 1.40. The van der Waals surface area contributed by atoms with E-state index in [-0.39, 0.29) is 6.03 Å². The first kappa shape index (κ1) is 22.9. The Bertz CT molecular complexity index is 1100. The van der Waals surface area contributed by atoms with Crippen molar-refractivity contribution in [1.82, 2.24) is 25.0 Å². The molecule has 0 atom stereocenters. The van der Waals surface area contributed by atoms with Gasteiger partial charge in [-0.1, -0.05) is 23.7 Å². The maximum atomic E-state index is 12.7. The highest BCUT2D eigenvalue weighted by Crippen LogP contribution is 2.29. The molecule has 0 radical (unpaired) electrons. The van der Waals surface area contributed by atoms with Gasteiger partial charge in [0.25, 0.3) is 0 Å². The molecule has 1 aromatic heterocycles. The minimum Gasteiger partial charge on any atom is -0.492 e. The van der Waals surface area contributed by atoms with Crippen molar-refractivity contribution in [3.63, 3.8) is 0 Å². The van der Waals surface area contributed by atoms with Gasteiger partial charge in [-0.15, -0.1) is 0 Å². The number of ether oxygens (including phenoxy) is 1. The monoisotopic (exact) mass is 468 g/mol. The van der Waals surface area contributed by atoms with Gasteiger partial charge < -0.3 is 19.9 Å². The Kier molecular flexibility index (Phi) is 7.34. The van der Waals surface area contributed by atoms with Crippen LogP contribution >= 0.6 is 11.6 Å². The average molecular weight is 469 g/mol. The maximum absolute atomic E-state index is 12.7. The number of rotatable bonds is 6. The van der Waals surface area contributed by atoms with E-state index >= 15 is 0 Å². The third-order valence-electron chi connectivity index (χ3n) is 5.58. The lowest BCUT2D eigenvalue weighted by atomic mass is 10.2. The molecule has 1 aliphatic rings. The fourth-order valence-corrected chi connectivity index (χ4v) is 4.15. The van der Waals surface area contributed by atoms with E-state index in [1.165, 1.54) is 0 Å². The number of hydrogen-bond acceptors (Lipinski definition) is 5. The normalized spacial score (nSPS) is 14.2. The number of aryl methyl sites for hydroxylation is 1. The second kappa shape index (κ2) is 10.6. The molecule has 2 amide bonds. The van der Waals surface area contributed by atoms with Crippen molar-refractivity contribution in [3.8, 4) is 11.4 Å². The summed E-state index contributed by atoms with van der Waals surface area (Å²) >= 11 is 6.04. The highest BCUT2D eigenvalue weighted by atomic mass is 35.5. The van der Waals surface area contributed by atoms with E-state index < -0.39 is 0 Å². The number of benzene rings is 2. The summed E-state index contributed by atoms with van der Waals surface area (Å²) in [5.41, 5.74) is 2.91. The van der Waals surface area contributed by atoms with Crippen molar-refractivity contribution in [2.45, 2.75) is 26.8 Å². The molecule has 0 unspecified atom stereocenters. The van der Waals surface area contributed by atoms with Crippen LogP contribution in [0.3, 0.4) is 0 Å². The molecule has 0 spiro atoms. The Hall–Kier alpha value is -3.26. The summed E-state index contributed by atoms with van der Waals surface area (Å²) in [6.45, 7) is 7.82. The van der Waals surface area contributed by atoms with Crippen LogP contribution in [0.15, 0.2) is 48.8 Å². The number of urea groups is 1. The predicted octanol–water partition coefficient (Wildman–Crippen LogP) is 4.05. The van der Waals surface area contributed by atoms with E-state index in [0.29, 0.717) is 37.1 Å². The first-order chi connectivity index (χ1) is 16.0. The Morgan fingerprint density at radius 2 is 2.03 bits per heavy atom. The summed E-state index contributed by atoms with van der Waals surface area (Å²) < 4.78 is 7.64. The molecule has 174 valence electrons. The molecule has 1 fully saturated rings. The zero-order valence-electron chi connectivity index (χ0n) is 19.0. The first-order valence-corrected chi connectivity index (χ1v) is 11.6. The molecular weight excluding hydrogens is 440 g/mol. The van der Waals surface area contributed by atoms with Crippen LogP contribution in [0.25, 0.3) is 5.69 Å². The summed E-state index contributed by atoms with van der Waals surface area (Å²) in [7, 11) is 0. The molecule has 8 nitrogen and oxygen atoms in total. The number of carbonyl (C=O) groups is 1. The average Bonchev–Trinajstić information content (AvgIpc) is 3.09. The van der Waals surface area contributed by atoms with Gasteiger partial charge in [0.15, 0.2) is 0 Å². The first-order valence-electron chi connectivity index (χ1n) is 11.2. The van der Waals surface area contributed by atoms with Crippen molar-refractivity contribution in [3.05, 3.63) is 65.2 Å². The van der Waals surface area contributed by atoms with Gasteiger partial charge in [-0.05, 0) is 50.1 Å². The number of hydrogen-bond donors (Lipinski definition) is 1. The minimum absolute atomic E-state index is 0.0521. The van der Waals surface area contributed by atoms with Crippen molar-refractivity contribution < 1.29 is 9.53 Å². The van der Waals surface area contributed by atoms with Crippen LogP contribution in [0.4, 0.5) is 10.5 Å². The topological polar surface area (TPSA) is 75.5 Å². The van der Waals surface area contributed by atoms with Crippen LogP contribution in [0, 0.1) is 6.92 Å². The van der Waals surface area contributed by atoms with Gasteiger partial charge in [0.2, 0.25) is 0 Å². The van der Waals surface area contributed by atoms with Gasteiger partial charge in [0.05, 0.1) is 6.61 Å². The SMILES string of the molecule is CCOc1cc(N2CCCN(C(=O)NCc3cccc(Cl)c3)CC2)ccc1-n1cnc(C)n1. The lowest BCUT2D eigenvalue weighted by Crippen LogP contribution is -2.41. The lowest BCUT2D eigenvalue weighted by molar-refractivity contribution is 0.201. The number of amides is 2. The zero-order valence-corrected chi connectivity index (χ0v) is 19.8. The molecule has 9 heteroatoms. The molecule has 1 saturated heterocycles. The number of nitrogens with zero attached hydrogens (tertiary/aromatic N) is 5. The molecule has 33 heavy (non-hydrogen) atoms. The van der Waals surface area contributed by atoms with Crippen LogP contribution in [-0.2, 0) is 6.54 Å². The third kappa shape index (κ3) is 5.76. The molecule has 0 saturated carbocycles. The Labute approximate surface area is 199 Å². The maximum Gasteiger partial charge on any atom is 0.317 e. The fourth-order valence-electron chi connectivity index (χ4n) is 3.94. The van der Waals surface area contributed by atoms with Crippen LogP contribution in [0.2, 0.25) is 5.02 Å². The second-order valence-electron chi connectivity index (χ2n) is 7.94. The molecule has 2 aromatic carbocycles. The fraction of sp³-hybridized carbons (Fsp3) is 0.375. The van der Waals surface area contributed by atoms with Crippen LogP contribution in [0.1, 0.15) is 24.7 Å². The molecule has 1 aliphatic heterocycles. The van der Waals surface area contributed by atoms with Crippen molar-refractivity contribution in [2.75, 3.05) is 37.7 Å². The van der Waals surface area contributed by atoms with Crippen LogP contribution in [0.5, 0.6) is 5.75 Å². The van der Waals surface area contributed by atoms with Crippen LogP contribution < -0.4 is 15.0 Å². The zero-order chi connectivity index (χ0) is 23.2. The molecule has 2 heterocycles. The Morgan fingerprint density at radius 3 is 2.79 bits per heavy atom. The van der Waals surface area contributed by atoms with E-state index in [4.69, 9.17) is 16.3 Å². The molecule has 4 rings (SSSR count). The second-order valence-corrected chi connectivity index (χ2v) is 8.37. The number of nitrogens with one attached hydrogen (secondary N) is 1. The molecule has 0 bridgehead atoms. The molecule has 3 aromatic rings. The predicted molar refractivity (Wildman–Crippen MR) is 129 cm³/mol. The summed E-state index contributed by atoms with van der Waals surface area (Å²) in [4.78, 5) is 21.1. The number of carbonyl (C=O) groups excluding carboxylic acids is 1. The molecular formula is C24H29ClN6O2. The molecule has 1 N–H and O–H groups in total. The third-order valence-corrected chi connectivity index (χ3v) is 5.81. The summed E-state index contributed by atoms with van der Waals surface area (Å²) in [6.07, 6.45) is 2.58. The smallest absolute Gasteiger partial charge is 0.317 e. The number of halogens is 1. The van der Waals surface area contributed by atoms with Crippen molar-refractivity contribution in [1.29, 1.82) is 0 Å². The highest BCUT2D eigenvalue weighted by Gasteiger charge is 2.20. The van der Waals surface area contributed by atoms with Gasteiger partial charge in [-0.25, -0.2) is 14.5 Å². The van der Waals surface area contributed by atoms with Crippen molar-refractivity contribution in [2.24, 2.45) is 0 Å². The van der Waals surface area contributed by atoms with E-state index in [1.54, 1.807) is 11.0 Å². The summed E-state index contributed by atoms with van der Waals surface area (Å²) in [5.74, 6) is 1.48. The number of anilines is 1. The van der Waals surface area contributed by atoms with Gasteiger partial charge in [0, 0.05) is 49.5 Å². The Morgan fingerprint density at radius 1 is 1.15 bits per heavy atom. The largest absolute Gasteiger partial charge is 0.492 e. The van der Waals surface area contributed by atoms with E-state index in [1.807, 2.05) is 55.1 Å². The van der Waals surface area contributed by atoms with Gasteiger partial charge in [-0.3, -0.25) is 0 Å². The highest BCUT2D eigenvalue weighted by molar-refractivity contribution is 6.30. The van der Waals surface area contributed by atoms with Gasteiger partial charge in [-0.2, -0.15) is 5.10 Å². The van der Waals surface area contributed by atoms with Gasteiger partial charge in [0.1, 0.15) is 23.6 Å². The van der Waals surface area contributed by atoms with Crippen LogP contribution in [-0.4, -0.2) is 58.5 Å². The van der Waals surface area contributed by atoms with Crippen molar-refractivity contribution >= 4 is 23.3 Å². The molecule has 0 aliphatic carbocycles. The van der Waals surface area contributed by atoms with E-state index in [9.17, 15) is 4.79 Å². The summed E-state index contributed by atoms with van der Waals surface area (Å²) in [6, 6.07) is 13.6. The van der Waals surface area contributed by atoms with Gasteiger partial charge >= 0.3 is 6.03 Å². The minimum atomic E-state index is -0.0521. The summed E-state index contributed by atoms with van der Waals surface area (Å²) in [5, 5.41) is 8.08. The standard InChI is InChI=1S/C24H29ClN6O2/c1-3-33-23-15-21(8-9-22(23)31-17-27-18(2)28-31)29-10-5-11-30(13-12-29)24(32)26-16-19-6-4-7-20(25)14-19/h4,6-9,14-15,17H,3,5,10-13,16H2,1-2H3,(H,26,32).